The number of rotatable bonds is 62. The molecule has 0 aromatic rings. The zero-order valence-electron chi connectivity index (χ0n) is 49.0. The minimum absolute atomic E-state index is 0.372. The largest absolute Gasteiger partial charge is 0.394 e. The lowest BCUT2D eigenvalue weighted by Crippen LogP contribution is -2.53. The molecule has 0 aliphatic carbocycles. The fraction of sp³-hybridized carbons (Fsp3) is 0.955. The average Bonchev–Trinajstić information content (AvgIpc) is 3.39. The van der Waals surface area contributed by atoms with E-state index in [1.807, 2.05) is 0 Å². The van der Waals surface area contributed by atoms with E-state index < -0.39 is 36.9 Å². The first-order chi connectivity index (χ1) is 35.5. The van der Waals surface area contributed by atoms with Crippen LogP contribution in [0.25, 0.3) is 0 Å². The lowest BCUT2D eigenvalue weighted by molar-refractivity contribution is -0.132. The standard InChI is InChI=1S/C66H131NO5/c1-3-5-7-9-11-13-15-17-19-21-23-25-27-29-31-32-34-35-37-39-41-43-45-47-49-51-53-55-57-59-63(69)65(71)62(61-68)67-66(72)64(70)60-58-56-54-52-50-48-46-44-42-40-38-36-33-30-28-26-24-22-20-18-16-14-12-10-8-6-4-2/h30,33,62-65,68-71H,3-29,31-32,34-61H2,1-2H3,(H,67,72)/b33-30-. The van der Waals surface area contributed by atoms with Crippen molar-refractivity contribution < 1.29 is 25.2 Å². The highest BCUT2D eigenvalue weighted by molar-refractivity contribution is 5.80. The van der Waals surface area contributed by atoms with E-state index in [1.54, 1.807) is 0 Å². The minimum atomic E-state index is -1.26. The number of unbranched alkanes of at least 4 members (excludes halogenated alkanes) is 51. The van der Waals surface area contributed by atoms with Gasteiger partial charge in [-0.3, -0.25) is 4.79 Å². The second kappa shape index (κ2) is 60.9. The van der Waals surface area contributed by atoms with Crippen LogP contribution >= 0.6 is 0 Å². The van der Waals surface area contributed by atoms with Crippen LogP contribution in [0.1, 0.15) is 373 Å². The van der Waals surface area contributed by atoms with Crippen molar-refractivity contribution >= 4 is 5.91 Å². The number of aliphatic hydroxyl groups excluding tert-OH is 4. The molecule has 0 bridgehead atoms. The van der Waals surface area contributed by atoms with Crippen molar-refractivity contribution in [3.63, 3.8) is 0 Å². The topological polar surface area (TPSA) is 110 Å². The third-order valence-electron chi connectivity index (χ3n) is 16.0. The summed E-state index contributed by atoms with van der Waals surface area (Å²) in [6, 6.07) is -0.985. The van der Waals surface area contributed by atoms with Crippen LogP contribution in [-0.4, -0.2) is 57.3 Å². The van der Waals surface area contributed by atoms with Crippen LogP contribution in [0.2, 0.25) is 0 Å². The molecular formula is C66H131NO5. The van der Waals surface area contributed by atoms with Gasteiger partial charge in [-0.2, -0.15) is 0 Å². The van der Waals surface area contributed by atoms with Gasteiger partial charge in [-0.05, 0) is 38.5 Å². The maximum Gasteiger partial charge on any atom is 0.249 e. The van der Waals surface area contributed by atoms with Gasteiger partial charge in [-0.1, -0.05) is 347 Å². The number of carbonyl (C=O) groups is 1. The van der Waals surface area contributed by atoms with E-state index in [-0.39, 0.29) is 0 Å². The zero-order chi connectivity index (χ0) is 52.3. The number of hydrogen-bond donors (Lipinski definition) is 5. The Hall–Kier alpha value is -0.950. The molecule has 0 saturated heterocycles. The number of allylic oxidation sites excluding steroid dienone is 2. The Morgan fingerprint density at radius 3 is 0.806 bits per heavy atom. The molecule has 0 fully saturated rings. The Labute approximate surface area is 451 Å². The highest BCUT2D eigenvalue weighted by Crippen LogP contribution is 2.19. The summed E-state index contributed by atoms with van der Waals surface area (Å²) in [6.45, 7) is 4.11. The van der Waals surface area contributed by atoms with Gasteiger partial charge in [0.05, 0.1) is 18.8 Å². The average molecular weight is 1020 g/mol. The molecule has 0 rings (SSSR count). The van der Waals surface area contributed by atoms with Crippen molar-refractivity contribution in [3.05, 3.63) is 12.2 Å². The Balaban J connectivity index is 3.55. The number of hydrogen-bond acceptors (Lipinski definition) is 5. The normalized spacial score (nSPS) is 13.6. The van der Waals surface area contributed by atoms with Gasteiger partial charge in [-0.25, -0.2) is 0 Å². The molecule has 0 spiro atoms. The Kier molecular flexibility index (Phi) is 60.1. The van der Waals surface area contributed by atoms with Crippen LogP contribution in [0.3, 0.4) is 0 Å². The van der Waals surface area contributed by atoms with Gasteiger partial charge in [0.25, 0.3) is 0 Å². The first kappa shape index (κ1) is 71.0. The minimum Gasteiger partial charge on any atom is -0.394 e. The molecular weight excluding hydrogens is 887 g/mol. The molecule has 0 aromatic heterocycles. The summed E-state index contributed by atoms with van der Waals surface area (Å²) in [7, 11) is 0. The molecule has 72 heavy (non-hydrogen) atoms. The second-order valence-electron chi connectivity index (χ2n) is 23.2. The van der Waals surface area contributed by atoms with Crippen LogP contribution < -0.4 is 5.32 Å². The Bertz CT molecular complexity index is 1050. The molecule has 0 saturated carbocycles. The number of amides is 1. The number of aliphatic hydroxyl groups is 4. The van der Waals surface area contributed by atoms with E-state index in [4.69, 9.17) is 0 Å². The van der Waals surface area contributed by atoms with E-state index in [1.165, 1.54) is 308 Å². The van der Waals surface area contributed by atoms with Gasteiger partial charge in [0.15, 0.2) is 0 Å². The molecule has 0 aromatic carbocycles. The molecule has 0 heterocycles. The van der Waals surface area contributed by atoms with Crippen molar-refractivity contribution in [2.45, 2.75) is 398 Å². The third-order valence-corrected chi connectivity index (χ3v) is 16.0. The first-order valence-electron chi connectivity index (χ1n) is 33.1. The number of nitrogens with one attached hydrogen (secondary N) is 1. The number of carbonyl (C=O) groups excluding carboxylic acids is 1. The van der Waals surface area contributed by atoms with Gasteiger partial charge in [0, 0.05) is 0 Å². The fourth-order valence-electron chi connectivity index (χ4n) is 10.8. The molecule has 0 radical (unpaired) electrons. The molecule has 5 N–H and O–H groups in total. The van der Waals surface area contributed by atoms with Crippen LogP contribution in [-0.2, 0) is 4.79 Å². The van der Waals surface area contributed by atoms with Crippen LogP contribution in [0.4, 0.5) is 0 Å². The SMILES string of the molecule is CCCCCCCCCCCCCC/C=C\CCCCCCCCCCCCCC(O)C(=O)NC(CO)C(O)C(O)CCCCCCCCCCCCCCCCCCCCCCCCCCCCCCC. The molecule has 430 valence electrons. The highest BCUT2D eigenvalue weighted by Gasteiger charge is 2.28. The van der Waals surface area contributed by atoms with E-state index in [9.17, 15) is 25.2 Å². The molecule has 1 amide bonds. The van der Waals surface area contributed by atoms with Crippen molar-refractivity contribution in [3.8, 4) is 0 Å². The van der Waals surface area contributed by atoms with E-state index in [2.05, 4.69) is 31.3 Å². The molecule has 4 unspecified atom stereocenters. The van der Waals surface area contributed by atoms with Crippen LogP contribution in [0.5, 0.6) is 0 Å². The summed E-state index contributed by atoms with van der Waals surface area (Å²) >= 11 is 0. The van der Waals surface area contributed by atoms with E-state index in [0.29, 0.717) is 12.8 Å². The zero-order valence-corrected chi connectivity index (χ0v) is 49.0. The molecule has 6 heteroatoms. The summed E-state index contributed by atoms with van der Waals surface area (Å²) in [6.07, 6.45) is 74.6. The van der Waals surface area contributed by atoms with Crippen LogP contribution in [0, 0.1) is 0 Å². The molecule has 6 nitrogen and oxygen atoms in total. The second-order valence-corrected chi connectivity index (χ2v) is 23.2. The maximum atomic E-state index is 12.6. The van der Waals surface area contributed by atoms with Crippen molar-refractivity contribution in [2.24, 2.45) is 0 Å². The quantitative estimate of drug-likeness (QED) is 0.0308. The monoisotopic (exact) mass is 1020 g/mol. The van der Waals surface area contributed by atoms with Gasteiger partial charge in [-0.15, -0.1) is 0 Å². The third kappa shape index (κ3) is 53.9. The summed E-state index contributed by atoms with van der Waals surface area (Å²) in [4.78, 5) is 12.6. The molecule has 0 aliphatic rings. The predicted molar refractivity (Wildman–Crippen MR) is 316 cm³/mol. The van der Waals surface area contributed by atoms with Crippen molar-refractivity contribution in [1.29, 1.82) is 0 Å². The summed E-state index contributed by atoms with van der Waals surface area (Å²) < 4.78 is 0. The van der Waals surface area contributed by atoms with Crippen molar-refractivity contribution in [2.75, 3.05) is 6.61 Å². The smallest absolute Gasteiger partial charge is 0.249 e. The van der Waals surface area contributed by atoms with Crippen LogP contribution in [0.15, 0.2) is 12.2 Å². The highest BCUT2D eigenvalue weighted by atomic mass is 16.3. The Morgan fingerprint density at radius 2 is 0.556 bits per heavy atom. The van der Waals surface area contributed by atoms with E-state index in [0.717, 1.165) is 38.5 Å². The predicted octanol–water partition coefficient (Wildman–Crippen LogP) is 20.0. The van der Waals surface area contributed by atoms with Gasteiger partial charge in [0.2, 0.25) is 5.91 Å². The molecule has 0 aliphatic heterocycles. The van der Waals surface area contributed by atoms with E-state index >= 15 is 0 Å². The first-order valence-corrected chi connectivity index (χ1v) is 33.1. The fourth-order valence-corrected chi connectivity index (χ4v) is 10.8. The summed E-state index contributed by atoms with van der Waals surface area (Å²) in [5.74, 6) is -0.577. The lowest BCUT2D eigenvalue weighted by atomic mass is 9.99. The summed E-state index contributed by atoms with van der Waals surface area (Å²) in [5.41, 5.74) is 0. The van der Waals surface area contributed by atoms with Crippen molar-refractivity contribution in [1.82, 2.24) is 5.32 Å². The maximum absolute atomic E-state index is 12.6. The van der Waals surface area contributed by atoms with Gasteiger partial charge >= 0.3 is 0 Å². The van der Waals surface area contributed by atoms with Gasteiger partial charge < -0.3 is 25.7 Å². The Morgan fingerprint density at radius 1 is 0.333 bits per heavy atom. The van der Waals surface area contributed by atoms with Gasteiger partial charge in [0.1, 0.15) is 12.2 Å². The molecule has 4 atom stereocenters. The lowest BCUT2D eigenvalue weighted by Gasteiger charge is -2.27. The summed E-state index contributed by atoms with van der Waals surface area (Å²) in [5, 5.41) is 44.2.